The summed E-state index contributed by atoms with van der Waals surface area (Å²) in [7, 11) is 0. The fourth-order valence-corrected chi connectivity index (χ4v) is 4.47. The molecule has 2 atom stereocenters. The number of morpholine rings is 1. The Morgan fingerprint density at radius 3 is 2.83 bits per heavy atom. The number of ether oxygens (including phenoxy) is 1. The molecule has 1 spiro atoms. The van der Waals surface area contributed by atoms with Crippen molar-refractivity contribution in [2.24, 2.45) is 5.73 Å². The minimum atomic E-state index is -2.32. The highest BCUT2D eigenvalue weighted by Gasteiger charge is 2.54. The van der Waals surface area contributed by atoms with Gasteiger partial charge in [-0.15, -0.1) is 0 Å². The fraction of sp³-hybridized carbons (Fsp3) is 0.350. The predicted molar refractivity (Wildman–Crippen MR) is 105 cm³/mol. The van der Waals surface area contributed by atoms with Crippen LogP contribution in [0.15, 0.2) is 36.5 Å². The molecule has 1 saturated heterocycles. The number of amides is 2. The normalized spacial score (nSPS) is 26.4. The quantitative estimate of drug-likeness (QED) is 0.798. The lowest BCUT2D eigenvalue weighted by Gasteiger charge is -2.47. The van der Waals surface area contributed by atoms with Crippen molar-refractivity contribution >= 4 is 35.0 Å². The van der Waals surface area contributed by atoms with Crippen LogP contribution in [0.4, 0.5) is 4.39 Å². The van der Waals surface area contributed by atoms with E-state index in [2.05, 4.69) is 4.98 Å². The summed E-state index contributed by atoms with van der Waals surface area (Å²) in [4.78, 5) is 30.3. The number of carbonyl (C=O) groups excluding carboxylic acids is 2. The highest BCUT2D eigenvalue weighted by atomic mass is 35.5. The minimum Gasteiger partial charge on any atom is -0.367 e. The van der Waals surface area contributed by atoms with Gasteiger partial charge in [0, 0.05) is 28.4 Å². The van der Waals surface area contributed by atoms with Gasteiger partial charge in [0.15, 0.2) is 0 Å². The van der Waals surface area contributed by atoms with E-state index in [4.69, 9.17) is 33.7 Å². The number of nitrogens with zero attached hydrogens (tertiary/aromatic N) is 2. The predicted octanol–water partition coefficient (Wildman–Crippen LogP) is 3.09. The van der Waals surface area contributed by atoms with E-state index in [1.54, 1.807) is 29.2 Å². The van der Waals surface area contributed by atoms with E-state index in [-0.39, 0.29) is 44.0 Å². The summed E-state index contributed by atoms with van der Waals surface area (Å²) >= 11 is 12.2. The molecule has 1 aliphatic carbocycles. The molecule has 0 radical (unpaired) electrons. The van der Waals surface area contributed by atoms with Crippen molar-refractivity contribution in [3.05, 3.63) is 63.4 Å². The van der Waals surface area contributed by atoms with Gasteiger partial charge in [0.1, 0.15) is 12.2 Å². The second-order valence-electron chi connectivity index (χ2n) is 7.33. The second-order valence-corrected chi connectivity index (χ2v) is 8.18. The second kappa shape index (κ2) is 7.23. The number of carbonyl (C=O) groups is 2. The Hall–Kier alpha value is -2.22. The average Bonchev–Trinajstić information content (AvgIpc) is 2.70. The number of pyridine rings is 1. The number of aromatic nitrogens is 1. The number of hydrogen-bond acceptors (Lipinski definition) is 4. The van der Waals surface area contributed by atoms with Gasteiger partial charge in [-0.2, -0.15) is 0 Å². The van der Waals surface area contributed by atoms with Crippen LogP contribution in [0.1, 0.15) is 29.7 Å². The van der Waals surface area contributed by atoms with Crippen molar-refractivity contribution in [1.29, 1.82) is 0 Å². The number of halogens is 3. The first-order valence-electron chi connectivity index (χ1n) is 9.06. The smallest absolute Gasteiger partial charge is 0.259 e. The van der Waals surface area contributed by atoms with Gasteiger partial charge < -0.3 is 15.4 Å². The summed E-state index contributed by atoms with van der Waals surface area (Å²) in [6.45, 7) is 0.222. The van der Waals surface area contributed by atoms with E-state index >= 15 is 4.39 Å². The number of benzene rings is 1. The molecule has 1 aliphatic heterocycles. The van der Waals surface area contributed by atoms with Crippen molar-refractivity contribution in [3.63, 3.8) is 0 Å². The Morgan fingerprint density at radius 2 is 2.10 bits per heavy atom. The lowest BCUT2D eigenvalue weighted by Crippen LogP contribution is -2.56. The van der Waals surface area contributed by atoms with E-state index in [1.165, 1.54) is 12.3 Å². The molecule has 2 N–H and O–H groups in total. The van der Waals surface area contributed by atoms with E-state index in [9.17, 15) is 9.59 Å². The molecule has 29 heavy (non-hydrogen) atoms. The molecule has 4 rings (SSSR count). The summed E-state index contributed by atoms with van der Waals surface area (Å²) in [6, 6.07) is 8.11. The third-order valence-electron chi connectivity index (χ3n) is 5.58. The van der Waals surface area contributed by atoms with Crippen molar-refractivity contribution in [3.8, 4) is 0 Å². The Bertz CT molecular complexity index is 1000. The van der Waals surface area contributed by atoms with Gasteiger partial charge in [-0.1, -0.05) is 35.3 Å². The molecule has 152 valence electrons. The van der Waals surface area contributed by atoms with Gasteiger partial charge in [-0.3, -0.25) is 14.6 Å². The zero-order chi connectivity index (χ0) is 20.8. The van der Waals surface area contributed by atoms with Crippen molar-refractivity contribution < 1.29 is 18.7 Å². The van der Waals surface area contributed by atoms with Crippen LogP contribution in [0.5, 0.6) is 0 Å². The van der Waals surface area contributed by atoms with Crippen LogP contribution in [0.25, 0.3) is 0 Å². The maximum Gasteiger partial charge on any atom is 0.259 e. The lowest BCUT2D eigenvalue weighted by molar-refractivity contribution is -0.174. The first-order chi connectivity index (χ1) is 13.7. The monoisotopic (exact) mass is 437 g/mol. The molecule has 2 heterocycles. The SMILES string of the molecule is NC(=O)[C@]1(F)CC[C@]2(CN(Cc3ccc(Cl)cc3Cl)C(=O)CO2)c2ncccc21. The van der Waals surface area contributed by atoms with Crippen LogP contribution in [-0.2, 0) is 32.1 Å². The topological polar surface area (TPSA) is 85.5 Å². The number of rotatable bonds is 3. The van der Waals surface area contributed by atoms with Gasteiger partial charge in [0.05, 0.1) is 12.2 Å². The molecule has 1 aromatic heterocycles. The number of nitrogens with two attached hydrogens (primary N) is 1. The summed E-state index contributed by atoms with van der Waals surface area (Å²) in [5, 5.41) is 0.948. The molecular weight excluding hydrogens is 420 g/mol. The van der Waals surface area contributed by atoms with Gasteiger partial charge in [0.2, 0.25) is 11.6 Å². The number of primary amides is 1. The molecule has 9 heteroatoms. The standard InChI is InChI=1S/C20H18Cl2FN3O3/c21-13-4-3-12(15(22)8-13)9-26-11-19(29-10-16(26)27)5-6-20(23,18(24)28)14-2-1-7-25-17(14)19/h1-4,7-8H,5-6,9-11H2,(H2,24,28)/t19-,20-/m0/s1. The van der Waals surface area contributed by atoms with E-state index < -0.39 is 17.2 Å². The maximum atomic E-state index is 15.4. The number of fused-ring (bicyclic) bond motifs is 2. The van der Waals surface area contributed by atoms with Crippen LogP contribution < -0.4 is 5.73 Å². The highest BCUT2D eigenvalue weighted by Crippen LogP contribution is 2.48. The lowest BCUT2D eigenvalue weighted by atomic mass is 9.73. The molecule has 0 unspecified atom stereocenters. The Morgan fingerprint density at radius 1 is 1.31 bits per heavy atom. The highest BCUT2D eigenvalue weighted by molar-refractivity contribution is 6.35. The van der Waals surface area contributed by atoms with E-state index in [0.29, 0.717) is 15.7 Å². The van der Waals surface area contributed by atoms with E-state index in [0.717, 1.165) is 5.56 Å². The summed E-state index contributed by atoms with van der Waals surface area (Å²) in [6.07, 6.45) is 1.52. The Balaban J connectivity index is 1.69. The van der Waals surface area contributed by atoms with Gasteiger partial charge >= 0.3 is 0 Å². The van der Waals surface area contributed by atoms with Gasteiger partial charge in [0.25, 0.3) is 5.91 Å². The summed E-state index contributed by atoms with van der Waals surface area (Å²) in [5.41, 5.74) is 3.13. The molecule has 2 aromatic rings. The molecule has 6 nitrogen and oxygen atoms in total. The van der Waals surface area contributed by atoms with Crippen LogP contribution in [0.2, 0.25) is 10.0 Å². The summed E-state index contributed by atoms with van der Waals surface area (Å²) in [5.74, 6) is -1.27. The molecule has 0 saturated carbocycles. The maximum absolute atomic E-state index is 15.4. The molecule has 1 fully saturated rings. The Kier molecular flexibility index (Phi) is 5.01. The van der Waals surface area contributed by atoms with Crippen LogP contribution in [-0.4, -0.2) is 34.8 Å². The number of hydrogen-bond donors (Lipinski definition) is 1. The molecule has 2 aliphatic rings. The fourth-order valence-electron chi connectivity index (χ4n) is 4.00. The zero-order valence-electron chi connectivity index (χ0n) is 15.3. The Labute approximate surface area is 176 Å². The van der Waals surface area contributed by atoms with Crippen LogP contribution in [0.3, 0.4) is 0 Å². The molecular formula is C20H18Cl2FN3O3. The van der Waals surface area contributed by atoms with Crippen LogP contribution in [0, 0.1) is 0 Å². The average molecular weight is 438 g/mol. The zero-order valence-corrected chi connectivity index (χ0v) is 16.8. The van der Waals surface area contributed by atoms with Crippen LogP contribution >= 0.6 is 23.2 Å². The van der Waals surface area contributed by atoms with Gasteiger partial charge in [-0.05, 0) is 36.6 Å². The first-order valence-corrected chi connectivity index (χ1v) is 9.81. The summed E-state index contributed by atoms with van der Waals surface area (Å²) < 4.78 is 21.3. The first kappa shape index (κ1) is 20.1. The molecule has 0 bridgehead atoms. The van der Waals surface area contributed by atoms with Crippen molar-refractivity contribution in [1.82, 2.24) is 9.88 Å². The largest absolute Gasteiger partial charge is 0.367 e. The number of alkyl halides is 1. The third-order valence-corrected chi connectivity index (χ3v) is 6.16. The van der Waals surface area contributed by atoms with Gasteiger partial charge in [-0.25, -0.2) is 4.39 Å². The van der Waals surface area contributed by atoms with Crippen molar-refractivity contribution in [2.75, 3.05) is 13.2 Å². The van der Waals surface area contributed by atoms with E-state index in [1.807, 2.05) is 0 Å². The minimum absolute atomic E-state index is 0.0950. The molecule has 2 amide bonds. The third kappa shape index (κ3) is 3.37. The molecule has 1 aromatic carbocycles. The van der Waals surface area contributed by atoms with Crippen molar-refractivity contribution in [2.45, 2.75) is 30.7 Å².